The van der Waals surface area contributed by atoms with E-state index in [0.717, 1.165) is 37.9 Å². The minimum Gasteiger partial charge on any atom is -0.462 e. The Kier molecular flexibility index (Phi) is 4.80. The molecular weight excluding hydrogens is 242 g/mol. The molecule has 19 heavy (non-hydrogen) atoms. The molecular formula is C15H21NO3. The number of ether oxygens (including phenoxy) is 2. The summed E-state index contributed by atoms with van der Waals surface area (Å²) in [6, 6.07) is 5.37. The van der Waals surface area contributed by atoms with Gasteiger partial charge in [0.05, 0.1) is 18.3 Å². The number of esters is 1. The standard InChI is InChI=1S/C15H21NO3/c1-11-6-7-14(16)13(10-11)15(17)19-9-3-5-12-4-2-8-18-12/h6-7,10,12H,2-5,8-9,16H2,1H3. The molecule has 0 saturated carbocycles. The first-order chi connectivity index (χ1) is 9.16. The van der Waals surface area contributed by atoms with Crippen molar-refractivity contribution in [3.8, 4) is 0 Å². The van der Waals surface area contributed by atoms with Crippen molar-refractivity contribution in [2.45, 2.75) is 38.7 Å². The third-order valence-corrected chi connectivity index (χ3v) is 3.36. The zero-order valence-corrected chi connectivity index (χ0v) is 11.4. The Bertz CT molecular complexity index is 439. The molecule has 0 radical (unpaired) electrons. The van der Waals surface area contributed by atoms with Crippen LogP contribution < -0.4 is 5.73 Å². The van der Waals surface area contributed by atoms with Crippen LogP contribution in [0.4, 0.5) is 5.69 Å². The van der Waals surface area contributed by atoms with E-state index in [4.69, 9.17) is 15.2 Å². The molecule has 0 bridgehead atoms. The summed E-state index contributed by atoms with van der Waals surface area (Å²) in [7, 11) is 0. The van der Waals surface area contributed by atoms with Gasteiger partial charge in [0.1, 0.15) is 0 Å². The molecule has 1 aromatic carbocycles. The molecule has 104 valence electrons. The number of carbonyl (C=O) groups excluding carboxylic acids is 1. The lowest BCUT2D eigenvalue weighted by molar-refractivity contribution is 0.0462. The molecule has 0 amide bonds. The van der Waals surface area contributed by atoms with Gasteiger partial charge < -0.3 is 15.2 Å². The Balaban J connectivity index is 1.75. The summed E-state index contributed by atoms with van der Waals surface area (Å²) in [5.74, 6) is -0.339. The van der Waals surface area contributed by atoms with Crippen molar-refractivity contribution in [2.24, 2.45) is 0 Å². The van der Waals surface area contributed by atoms with E-state index >= 15 is 0 Å². The maximum atomic E-state index is 11.9. The summed E-state index contributed by atoms with van der Waals surface area (Å²) in [4.78, 5) is 11.9. The fourth-order valence-electron chi connectivity index (χ4n) is 2.27. The van der Waals surface area contributed by atoms with Gasteiger partial charge in [-0.1, -0.05) is 11.6 Å². The van der Waals surface area contributed by atoms with E-state index in [9.17, 15) is 4.79 Å². The molecule has 1 unspecified atom stereocenters. The SMILES string of the molecule is Cc1ccc(N)c(C(=O)OCCCC2CCCO2)c1. The predicted octanol–water partition coefficient (Wildman–Crippen LogP) is 2.69. The van der Waals surface area contributed by atoms with Crippen molar-refractivity contribution >= 4 is 11.7 Å². The second-order valence-corrected chi connectivity index (χ2v) is 5.00. The van der Waals surface area contributed by atoms with E-state index in [1.54, 1.807) is 12.1 Å². The van der Waals surface area contributed by atoms with Gasteiger partial charge in [0.2, 0.25) is 0 Å². The molecule has 1 atom stereocenters. The van der Waals surface area contributed by atoms with E-state index in [0.29, 0.717) is 24.0 Å². The summed E-state index contributed by atoms with van der Waals surface area (Å²) in [5, 5.41) is 0. The van der Waals surface area contributed by atoms with Crippen LogP contribution in [0.1, 0.15) is 41.6 Å². The molecule has 4 nitrogen and oxygen atoms in total. The van der Waals surface area contributed by atoms with E-state index < -0.39 is 0 Å². The van der Waals surface area contributed by atoms with Crippen molar-refractivity contribution < 1.29 is 14.3 Å². The lowest BCUT2D eigenvalue weighted by atomic mass is 10.1. The maximum absolute atomic E-state index is 11.9. The van der Waals surface area contributed by atoms with Crippen molar-refractivity contribution in [1.29, 1.82) is 0 Å². The Morgan fingerprint density at radius 2 is 2.37 bits per heavy atom. The molecule has 1 fully saturated rings. The van der Waals surface area contributed by atoms with Crippen LogP contribution in [0.2, 0.25) is 0 Å². The van der Waals surface area contributed by atoms with Gasteiger partial charge in [0.15, 0.2) is 0 Å². The fourth-order valence-corrected chi connectivity index (χ4v) is 2.27. The van der Waals surface area contributed by atoms with E-state index in [1.807, 2.05) is 13.0 Å². The lowest BCUT2D eigenvalue weighted by Gasteiger charge is -2.10. The van der Waals surface area contributed by atoms with E-state index in [1.165, 1.54) is 0 Å². The second kappa shape index (κ2) is 6.57. The van der Waals surface area contributed by atoms with E-state index in [-0.39, 0.29) is 5.97 Å². The number of benzene rings is 1. The van der Waals surface area contributed by atoms with Crippen LogP contribution in [-0.4, -0.2) is 25.3 Å². The topological polar surface area (TPSA) is 61.6 Å². The largest absolute Gasteiger partial charge is 0.462 e. The summed E-state index contributed by atoms with van der Waals surface area (Å²) >= 11 is 0. The highest BCUT2D eigenvalue weighted by atomic mass is 16.5. The van der Waals surface area contributed by atoms with Gasteiger partial charge in [-0.2, -0.15) is 0 Å². The maximum Gasteiger partial charge on any atom is 0.340 e. The molecule has 1 aromatic rings. The average molecular weight is 263 g/mol. The number of carbonyl (C=O) groups is 1. The van der Waals surface area contributed by atoms with Crippen LogP contribution >= 0.6 is 0 Å². The van der Waals surface area contributed by atoms with Gasteiger partial charge in [0, 0.05) is 12.3 Å². The minimum absolute atomic E-state index is 0.339. The second-order valence-electron chi connectivity index (χ2n) is 5.00. The van der Waals surface area contributed by atoms with E-state index in [2.05, 4.69) is 0 Å². The zero-order valence-electron chi connectivity index (χ0n) is 11.4. The van der Waals surface area contributed by atoms with Crippen LogP contribution in [0.5, 0.6) is 0 Å². The summed E-state index contributed by atoms with van der Waals surface area (Å²) in [5.41, 5.74) is 7.70. The lowest BCUT2D eigenvalue weighted by Crippen LogP contribution is -2.11. The molecule has 1 aliphatic rings. The molecule has 2 N–H and O–H groups in total. The Labute approximate surface area is 113 Å². The van der Waals surface area contributed by atoms with Crippen molar-refractivity contribution in [2.75, 3.05) is 18.9 Å². The van der Waals surface area contributed by atoms with Gasteiger partial charge in [-0.05, 0) is 44.7 Å². The fraction of sp³-hybridized carbons (Fsp3) is 0.533. The van der Waals surface area contributed by atoms with Gasteiger partial charge >= 0.3 is 5.97 Å². The third kappa shape index (κ3) is 3.96. The monoisotopic (exact) mass is 263 g/mol. The number of hydrogen-bond acceptors (Lipinski definition) is 4. The highest BCUT2D eigenvalue weighted by molar-refractivity contribution is 5.95. The van der Waals surface area contributed by atoms with Crippen molar-refractivity contribution in [3.63, 3.8) is 0 Å². The Morgan fingerprint density at radius 1 is 1.53 bits per heavy atom. The molecule has 1 heterocycles. The van der Waals surface area contributed by atoms with Crippen molar-refractivity contribution in [1.82, 2.24) is 0 Å². The molecule has 0 spiro atoms. The van der Waals surface area contributed by atoms with Crippen LogP contribution in [0, 0.1) is 6.92 Å². The average Bonchev–Trinajstić information content (AvgIpc) is 2.90. The quantitative estimate of drug-likeness (QED) is 0.504. The molecule has 0 aliphatic carbocycles. The summed E-state index contributed by atoms with van der Waals surface area (Å²) in [6.07, 6.45) is 4.41. The molecule has 1 saturated heterocycles. The number of nitrogens with two attached hydrogens (primary N) is 1. The molecule has 2 rings (SSSR count). The first kappa shape index (κ1) is 13.9. The Morgan fingerprint density at radius 3 is 3.11 bits per heavy atom. The van der Waals surface area contributed by atoms with Crippen LogP contribution in [0.15, 0.2) is 18.2 Å². The highest BCUT2D eigenvalue weighted by Gasteiger charge is 2.15. The molecule has 4 heteroatoms. The van der Waals surface area contributed by atoms with Crippen LogP contribution in [0.25, 0.3) is 0 Å². The summed E-state index contributed by atoms with van der Waals surface area (Å²) < 4.78 is 10.8. The van der Waals surface area contributed by atoms with Crippen LogP contribution in [-0.2, 0) is 9.47 Å². The first-order valence-electron chi connectivity index (χ1n) is 6.81. The van der Waals surface area contributed by atoms with Gasteiger partial charge in [-0.25, -0.2) is 4.79 Å². The Hall–Kier alpha value is -1.55. The smallest absolute Gasteiger partial charge is 0.340 e. The third-order valence-electron chi connectivity index (χ3n) is 3.36. The predicted molar refractivity (Wildman–Crippen MR) is 74.1 cm³/mol. The number of aryl methyl sites for hydroxylation is 1. The van der Waals surface area contributed by atoms with Gasteiger partial charge in [-0.15, -0.1) is 0 Å². The molecule has 1 aliphatic heterocycles. The first-order valence-corrected chi connectivity index (χ1v) is 6.81. The summed E-state index contributed by atoms with van der Waals surface area (Å²) in [6.45, 7) is 3.21. The number of nitrogen functional groups attached to an aromatic ring is 1. The number of anilines is 1. The van der Waals surface area contributed by atoms with Crippen molar-refractivity contribution in [3.05, 3.63) is 29.3 Å². The highest BCUT2D eigenvalue weighted by Crippen LogP contribution is 2.18. The van der Waals surface area contributed by atoms with Crippen LogP contribution in [0.3, 0.4) is 0 Å². The minimum atomic E-state index is -0.339. The van der Waals surface area contributed by atoms with Gasteiger partial charge in [-0.3, -0.25) is 0 Å². The zero-order chi connectivity index (χ0) is 13.7. The normalized spacial score (nSPS) is 18.5. The molecule has 0 aromatic heterocycles. The van der Waals surface area contributed by atoms with Gasteiger partial charge in [0.25, 0.3) is 0 Å². The number of hydrogen-bond donors (Lipinski definition) is 1. The number of rotatable bonds is 5.